The Kier molecular flexibility index (Phi) is 2.96. The monoisotopic (exact) mass is 234 g/mol. The molecule has 5 heteroatoms. The molecule has 0 aliphatic carbocycles. The Balaban J connectivity index is 2.37. The molecule has 1 fully saturated rings. The summed E-state index contributed by atoms with van der Waals surface area (Å²) in [4.78, 5) is 12.7. The van der Waals surface area contributed by atoms with Crippen molar-refractivity contribution in [2.24, 2.45) is 0 Å². The predicted molar refractivity (Wildman–Crippen MR) is 59.8 cm³/mol. The summed E-state index contributed by atoms with van der Waals surface area (Å²) in [7, 11) is 0. The molecular weight excluding hydrogens is 223 g/mol. The fourth-order valence-corrected chi connectivity index (χ4v) is 1.93. The van der Waals surface area contributed by atoms with E-state index in [0.29, 0.717) is 18.7 Å². The van der Waals surface area contributed by atoms with Gasteiger partial charge in [-0.05, 0) is 24.6 Å². The number of carboxylic acid groups (broad SMARTS) is 1. The molecule has 1 N–H and O–H groups in total. The highest BCUT2D eigenvalue weighted by Crippen LogP contribution is 2.24. The standard InChI is InChI=1S/C12H11FN2O2/c13-10-1-2-15(7-10)11-4-8(6-14)3-9(5-11)12(16)17/h3-5,10H,1-2,7H2,(H,16,17)/t10-/m0/s1. The summed E-state index contributed by atoms with van der Waals surface area (Å²) < 4.78 is 13.1. The minimum atomic E-state index is -1.08. The van der Waals surface area contributed by atoms with Gasteiger partial charge in [0.25, 0.3) is 0 Å². The quantitative estimate of drug-likeness (QED) is 0.847. The first kappa shape index (κ1) is 11.4. The predicted octanol–water partition coefficient (Wildman–Crippen LogP) is 1.80. The highest BCUT2D eigenvalue weighted by molar-refractivity contribution is 5.89. The van der Waals surface area contributed by atoms with Crippen molar-refractivity contribution in [1.82, 2.24) is 0 Å². The summed E-state index contributed by atoms with van der Waals surface area (Å²) in [6.07, 6.45) is -0.437. The van der Waals surface area contributed by atoms with Crippen molar-refractivity contribution in [1.29, 1.82) is 5.26 Å². The zero-order valence-electron chi connectivity index (χ0n) is 9.06. The molecule has 1 saturated heterocycles. The van der Waals surface area contributed by atoms with E-state index in [1.165, 1.54) is 12.1 Å². The van der Waals surface area contributed by atoms with Gasteiger partial charge >= 0.3 is 5.97 Å². The van der Waals surface area contributed by atoms with Crippen molar-refractivity contribution in [2.75, 3.05) is 18.0 Å². The molecule has 0 amide bonds. The highest BCUT2D eigenvalue weighted by Gasteiger charge is 2.23. The van der Waals surface area contributed by atoms with E-state index in [0.717, 1.165) is 0 Å². The molecular formula is C12H11FN2O2. The largest absolute Gasteiger partial charge is 0.478 e. The number of anilines is 1. The zero-order chi connectivity index (χ0) is 12.4. The van der Waals surface area contributed by atoms with Crippen molar-refractivity contribution < 1.29 is 14.3 Å². The molecule has 1 aromatic rings. The van der Waals surface area contributed by atoms with Gasteiger partial charge in [-0.3, -0.25) is 0 Å². The Bertz CT molecular complexity index is 496. The van der Waals surface area contributed by atoms with Gasteiger partial charge in [-0.1, -0.05) is 0 Å². The fraction of sp³-hybridized carbons (Fsp3) is 0.333. The van der Waals surface area contributed by atoms with Crippen molar-refractivity contribution in [3.05, 3.63) is 29.3 Å². The molecule has 1 aromatic carbocycles. The molecule has 0 spiro atoms. The first-order valence-electron chi connectivity index (χ1n) is 5.27. The van der Waals surface area contributed by atoms with Crippen LogP contribution in [0.1, 0.15) is 22.3 Å². The molecule has 0 radical (unpaired) electrons. The van der Waals surface area contributed by atoms with E-state index in [1.807, 2.05) is 6.07 Å². The number of hydrogen-bond acceptors (Lipinski definition) is 3. The second-order valence-corrected chi connectivity index (χ2v) is 4.02. The van der Waals surface area contributed by atoms with Gasteiger partial charge in [0.05, 0.1) is 17.2 Å². The Morgan fingerprint density at radius 1 is 1.53 bits per heavy atom. The van der Waals surface area contributed by atoms with Gasteiger partial charge in [0.15, 0.2) is 0 Å². The van der Waals surface area contributed by atoms with Crippen LogP contribution in [0.15, 0.2) is 18.2 Å². The Morgan fingerprint density at radius 2 is 2.29 bits per heavy atom. The second kappa shape index (κ2) is 4.42. The van der Waals surface area contributed by atoms with Crippen LogP contribution in [0.2, 0.25) is 0 Å². The lowest BCUT2D eigenvalue weighted by Gasteiger charge is -2.18. The van der Waals surface area contributed by atoms with E-state index >= 15 is 0 Å². The van der Waals surface area contributed by atoms with E-state index in [1.54, 1.807) is 11.0 Å². The number of hydrogen-bond donors (Lipinski definition) is 1. The summed E-state index contributed by atoms with van der Waals surface area (Å²) in [5, 5.41) is 17.7. The molecule has 88 valence electrons. The van der Waals surface area contributed by atoms with Gasteiger partial charge in [0, 0.05) is 18.8 Å². The highest BCUT2D eigenvalue weighted by atomic mass is 19.1. The van der Waals surface area contributed by atoms with Gasteiger partial charge in [0.1, 0.15) is 6.17 Å². The van der Waals surface area contributed by atoms with E-state index < -0.39 is 12.1 Å². The van der Waals surface area contributed by atoms with Crippen molar-refractivity contribution in [3.8, 4) is 6.07 Å². The molecule has 2 rings (SSSR count). The van der Waals surface area contributed by atoms with Gasteiger partial charge in [-0.2, -0.15) is 5.26 Å². The number of aromatic carboxylic acids is 1. The fourth-order valence-electron chi connectivity index (χ4n) is 1.93. The van der Waals surface area contributed by atoms with E-state index in [9.17, 15) is 9.18 Å². The third-order valence-electron chi connectivity index (χ3n) is 2.79. The van der Waals surface area contributed by atoms with Crippen LogP contribution in [-0.4, -0.2) is 30.3 Å². The normalized spacial score (nSPS) is 19.1. The third-order valence-corrected chi connectivity index (χ3v) is 2.79. The van der Waals surface area contributed by atoms with Crippen LogP contribution < -0.4 is 4.90 Å². The molecule has 0 unspecified atom stereocenters. The number of nitrogens with zero attached hydrogens (tertiary/aromatic N) is 2. The van der Waals surface area contributed by atoms with Crippen molar-refractivity contribution in [2.45, 2.75) is 12.6 Å². The summed E-state index contributed by atoms with van der Waals surface area (Å²) >= 11 is 0. The number of benzene rings is 1. The number of rotatable bonds is 2. The molecule has 1 atom stereocenters. The number of nitriles is 1. The van der Waals surface area contributed by atoms with Crippen molar-refractivity contribution in [3.63, 3.8) is 0 Å². The smallest absolute Gasteiger partial charge is 0.335 e. The summed E-state index contributed by atoms with van der Waals surface area (Å²) in [6.45, 7) is 0.809. The maximum atomic E-state index is 13.1. The molecule has 0 saturated carbocycles. The lowest BCUT2D eigenvalue weighted by molar-refractivity contribution is 0.0697. The van der Waals surface area contributed by atoms with Crippen LogP contribution in [0.5, 0.6) is 0 Å². The first-order valence-corrected chi connectivity index (χ1v) is 5.27. The number of carbonyl (C=O) groups is 1. The molecule has 1 aliphatic heterocycles. The molecule has 17 heavy (non-hydrogen) atoms. The Morgan fingerprint density at radius 3 is 2.82 bits per heavy atom. The van der Waals surface area contributed by atoms with Gasteiger partial charge < -0.3 is 10.0 Å². The maximum Gasteiger partial charge on any atom is 0.335 e. The van der Waals surface area contributed by atoms with Crippen LogP contribution >= 0.6 is 0 Å². The van der Waals surface area contributed by atoms with Crippen LogP contribution in [0.4, 0.5) is 10.1 Å². The van der Waals surface area contributed by atoms with Gasteiger partial charge in [-0.25, -0.2) is 9.18 Å². The molecule has 1 heterocycles. The zero-order valence-corrected chi connectivity index (χ0v) is 9.06. The van der Waals surface area contributed by atoms with E-state index in [-0.39, 0.29) is 17.7 Å². The van der Waals surface area contributed by atoms with Crippen LogP contribution in [0.3, 0.4) is 0 Å². The summed E-state index contributed by atoms with van der Waals surface area (Å²) in [6, 6.07) is 6.29. The molecule has 0 bridgehead atoms. The minimum Gasteiger partial charge on any atom is -0.478 e. The van der Waals surface area contributed by atoms with Crippen LogP contribution in [0.25, 0.3) is 0 Å². The molecule has 0 aromatic heterocycles. The summed E-state index contributed by atoms with van der Waals surface area (Å²) in [5.41, 5.74) is 0.935. The topological polar surface area (TPSA) is 64.3 Å². The number of alkyl halides is 1. The third kappa shape index (κ3) is 2.36. The average Bonchev–Trinajstić information content (AvgIpc) is 2.75. The Labute approximate surface area is 97.9 Å². The SMILES string of the molecule is N#Cc1cc(C(=O)O)cc(N2CC[C@H](F)C2)c1. The lowest BCUT2D eigenvalue weighted by Crippen LogP contribution is -2.20. The molecule has 1 aliphatic rings. The minimum absolute atomic E-state index is 0.0568. The van der Waals surface area contributed by atoms with Crippen molar-refractivity contribution >= 4 is 11.7 Å². The van der Waals surface area contributed by atoms with Crippen LogP contribution in [-0.2, 0) is 0 Å². The number of carboxylic acids is 1. The number of halogens is 1. The second-order valence-electron chi connectivity index (χ2n) is 4.02. The van der Waals surface area contributed by atoms with Gasteiger partial charge in [-0.15, -0.1) is 0 Å². The van der Waals surface area contributed by atoms with E-state index in [2.05, 4.69) is 0 Å². The molecule has 4 nitrogen and oxygen atoms in total. The Hall–Kier alpha value is -2.09. The van der Waals surface area contributed by atoms with Crippen LogP contribution in [0, 0.1) is 11.3 Å². The van der Waals surface area contributed by atoms with E-state index in [4.69, 9.17) is 10.4 Å². The summed E-state index contributed by atoms with van der Waals surface area (Å²) in [5.74, 6) is -1.08. The lowest BCUT2D eigenvalue weighted by atomic mass is 10.1. The first-order chi connectivity index (χ1) is 8.10. The average molecular weight is 234 g/mol. The van der Waals surface area contributed by atoms with Gasteiger partial charge in [0.2, 0.25) is 0 Å². The maximum absolute atomic E-state index is 13.1.